The fraction of sp³-hybridized carbons (Fsp3) is 0. The van der Waals surface area contributed by atoms with Crippen LogP contribution in [0.4, 0.5) is 22.7 Å². The average molecular weight is 523 g/mol. The molecular formula is C32H26N8. The highest BCUT2D eigenvalue weighted by molar-refractivity contribution is 6.03. The maximum Gasteiger partial charge on any atom is 0.201 e. The van der Waals surface area contributed by atoms with Crippen molar-refractivity contribution >= 4 is 34.4 Å². The monoisotopic (exact) mass is 522 g/mol. The summed E-state index contributed by atoms with van der Waals surface area (Å²) in [6.07, 6.45) is 0. The van der Waals surface area contributed by atoms with Crippen molar-refractivity contribution in [3.8, 4) is 0 Å². The Morgan fingerprint density at radius 3 is 1.05 bits per heavy atom. The van der Waals surface area contributed by atoms with Crippen LogP contribution in [-0.4, -0.2) is 11.7 Å². The Morgan fingerprint density at radius 1 is 0.375 bits per heavy atom. The number of hydrogen-bond acceptors (Lipinski definition) is 6. The molecule has 0 aliphatic carbocycles. The molecule has 0 saturated carbocycles. The number of hydrazone groups is 2. The molecule has 0 atom stereocenters. The molecular weight excluding hydrogens is 496 g/mol. The van der Waals surface area contributed by atoms with Gasteiger partial charge < -0.3 is 0 Å². The van der Waals surface area contributed by atoms with Crippen molar-refractivity contribution in [2.75, 3.05) is 10.9 Å². The largest absolute Gasteiger partial charge is 0.276 e. The second-order valence-electron chi connectivity index (χ2n) is 8.47. The number of hydrogen-bond donors (Lipinski definition) is 2. The van der Waals surface area contributed by atoms with Crippen LogP contribution in [0.5, 0.6) is 0 Å². The summed E-state index contributed by atoms with van der Waals surface area (Å²) in [7, 11) is 0. The van der Waals surface area contributed by atoms with E-state index >= 15 is 0 Å². The van der Waals surface area contributed by atoms with E-state index in [-0.39, 0.29) is 0 Å². The third kappa shape index (κ3) is 7.62. The molecule has 194 valence electrons. The number of anilines is 2. The minimum Gasteiger partial charge on any atom is -0.276 e. The van der Waals surface area contributed by atoms with E-state index in [2.05, 4.69) is 41.5 Å². The molecule has 0 radical (unpaired) electrons. The topological polar surface area (TPSA) is 98.2 Å². The lowest BCUT2D eigenvalue weighted by Gasteiger charge is -2.06. The number of nitrogens with one attached hydrogen (secondary N) is 2. The quantitative estimate of drug-likeness (QED) is 0.0921. The van der Waals surface area contributed by atoms with Crippen LogP contribution in [0.15, 0.2) is 176 Å². The van der Waals surface area contributed by atoms with Crippen molar-refractivity contribution in [2.45, 2.75) is 0 Å². The molecule has 5 aromatic rings. The van der Waals surface area contributed by atoms with Crippen LogP contribution in [0.25, 0.3) is 0 Å². The van der Waals surface area contributed by atoms with Gasteiger partial charge >= 0.3 is 0 Å². The molecule has 0 heterocycles. The molecule has 8 heteroatoms. The van der Waals surface area contributed by atoms with Gasteiger partial charge in [-0.2, -0.15) is 10.2 Å². The summed E-state index contributed by atoms with van der Waals surface area (Å²) in [4.78, 5) is 0. The minimum absolute atomic E-state index is 0.422. The predicted molar refractivity (Wildman–Crippen MR) is 162 cm³/mol. The summed E-state index contributed by atoms with van der Waals surface area (Å²) in [6.45, 7) is 0. The van der Waals surface area contributed by atoms with E-state index in [0.29, 0.717) is 11.7 Å². The Balaban J connectivity index is 1.44. The maximum atomic E-state index is 4.53. The van der Waals surface area contributed by atoms with E-state index in [4.69, 9.17) is 0 Å². The van der Waals surface area contributed by atoms with E-state index in [9.17, 15) is 0 Å². The second kappa shape index (κ2) is 13.7. The highest BCUT2D eigenvalue weighted by atomic mass is 15.3. The first-order valence-electron chi connectivity index (χ1n) is 12.7. The third-order valence-electron chi connectivity index (χ3n) is 5.56. The zero-order chi connectivity index (χ0) is 27.2. The zero-order valence-electron chi connectivity index (χ0n) is 21.5. The van der Waals surface area contributed by atoms with Crippen LogP contribution >= 0.6 is 0 Å². The summed E-state index contributed by atoms with van der Waals surface area (Å²) < 4.78 is 0. The van der Waals surface area contributed by atoms with E-state index < -0.39 is 0 Å². The van der Waals surface area contributed by atoms with Gasteiger partial charge in [-0.05, 0) is 48.5 Å². The number of rotatable bonds is 8. The molecule has 0 aliphatic heterocycles. The molecule has 0 unspecified atom stereocenters. The number of para-hydroxylation sites is 2. The molecule has 8 nitrogen and oxygen atoms in total. The summed E-state index contributed by atoms with van der Waals surface area (Å²) >= 11 is 0. The van der Waals surface area contributed by atoms with Gasteiger partial charge in [0.05, 0.1) is 22.7 Å². The van der Waals surface area contributed by atoms with E-state index in [1.807, 2.05) is 146 Å². The highest BCUT2D eigenvalue weighted by Crippen LogP contribution is 2.17. The highest BCUT2D eigenvalue weighted by Gasteiger charge is 2.08. The lowest BCUT2D eigenvalue weighted by Crippen LogP contribution is -2.04. The first-order chi connectivity index (χ1) is 19.8. The summed E-state index contributed by atoms with van der Waals surface area (Å²) in [5.41, 5.74) is 10.8. The van der Waals surface area contributed by atoms with Crippen molar-refractivity contribution < 1.29 is 0 Å². The number of azo groups is 2. The molecule has 0 saturated heterocycles. The van der Waals surface area contributed by atoms with Gasteiger partial charge in [0, 0.05) is 11.1 Å². The Kier molecular flexibility index (Phi) is 8.85. The summed E-state index contributed by atoms with van der Waals surface area (Å²) in [5.74, 6) is 0.845. The van der Waals surface area contributed by atoms with Crippen molar-refractivity contribution in [1.82, 2.24) is 0 Å². The normalized spacial score (nSPS) is 12.1. The first-order valence-corrected chi connectivity index (χ1v) is 12.7. The predicted octanol–water partition coefficient (Wildman–Crippen LogP) is 8.80. The van der Waals surface area contributed by atoms with Crippen molar-refractivity contribution in [3.05, 3.63) is 157 Å². The van der Waals surface area contributed by atoms with Crippen molar-refractivity contribution in [3.63, 3.8) is 0 Å². The van der Waals surface area contributed by atoms with E-state index in [1.54, 1.807) is 0 Å². The van der Waals surface area contributed by atoms with Gasteiger partial charge in [-0.25, -0.2) is 0 Å². The zero-order valence-corrected chi connectivity index (χ0v) is 21.5. The van der Waals surface area contributed by atoms with Crippen LogP contribution in [0.1, 0.15) is 11.1 Å². The fourth-order valence-electron chi connectivity index (χ4n) is 3.52. The smallest absolute Gasteiger partial charge is 0.201 e. The van der Waals surface area contributed by atoms with Gasteiger partial charge in [0.2, 0.25) is 11.7 Å². The molecule has 5 aromatic carbocycles. The van der Waals surface area contributed by atoms with E-state index in [1.165, 1.54) is 0 Å². The molecule has 0 aromatic heterocycles. The van der Waals surface area contributed by atoms with Gasteiger partial charge in [-0.3, -0.25) is 10.9 Å². The van der Waals surface area contributed by atoms with Crippen LogP contribution in [0, 0.1) is 0 Å². The molecule has 0 spiro atoms. The Labute approximate surface area is 232 Å². The SMILES string of the molecule is c1ccc(N=NC(=NNc2ccccc2)c2ccc(C(N=Nc3ccccc3)=NNc3ccccc3)cc2)cc1. The Morgan fingerprint density at radius 2 is 0.700 bits per heavy atom. The van der Waals surface area contributed by atoms with Crippen LogP contribution in [0.2, 0.25) is 0 Å². The molecule has 0 bridgehead atoms. The second-order valence-corrected chi connectivity index (χ2v) is 8.47. The number of nitrogens with zero attached hydrogens (tertiary/aromatic N) is 6. The van der Waals surface area contributed by atoms with Crippen LogP contribution in [0.3, 0.4) is 0 Å². The van der Waals surface area contributed by atoms with E-state index in [0.717, 1.165) is 33.9 Å². The summed E-state index contributed by atoms with van der Waals surface area (Å²) in [5, 5.41) is 26.7. The number of amidine groups is 2. The molecule has 0 amide bonds. The molecule has 40 heavy (non-hydrogen) atoms. The molecule has 0 aliphatic rings. The fourth-order valence-corrected chi connectivity index (χ4v) is 3.52. The van der Waals surface area contributed by atoms with Crippen molar-refractivity contribution in [1.29, 1.82) is 0 Å². The Bertz CT molecular complexity index is 1470. The van der Waals surface area contributed by atoms with Gasteiger partial charge in [0.25, 0.3) is 0 Å². The van der Waals surface area contributed by atoms with Crippen LogP contribution < -0.4 is 10.9 Å². The lowest BCUT2D eigenvalue weighted by molar-refractivity contribution is 1.22. The average Bonchev–Trinajstić information content (AvgIpc) is 3.03. The van der Waals surface area contributed by atoms with Gasteiger partial charge in [-0.1, -0.05) is 97.1 Å². The summed E-state index contributed by atoms with van der Waals surface area (Å²) in [6, 6.07) is 46.0. The van der Waals surface area contributed by atoms with Crippen LogP contribution in [-0.2, 0) is 0 Å². The lowest BCUT2D eigenvalue weighted by atomic mass is 10.1. The minimum atomic E-state index is 0.422. The molecule has 0 fully saturated rings. The van der Waals surface area contributed by atoms with Gasteiger partial charge in [0.1, 0.15) is 0 Å². The third-order valence-corrected chi connectivity index (χ3v) is 5.56. The van der Waals surface area contributed by atoms with Gasteiger partial charge in [-0.15, -0.1) is 20.5 Å². The Hall–Kier alpha value is -5.76. The molecule has 5 rings (SSSR count). The standard InChI is InChI=1S/C32H26N8/c1-5-13-27(14-6-1)33-37-31(38-34-28-15-7-2-8-16-28)25-21-23-26(24-22-25)32(39-35-29-17-9-3-10-18-29)40-36-30-19-11-4-12-20-30/h1-24,33,35H. The molecule has 2 N–H and O–H groups in total. The van der Waals surface area contributed by atoms with Gasteiger partial charge in [0.15, 0.2) is 0 Å². The maximum absolute atomic E-state index is 4.53. The first kappa shape index (κ1) is 25.9. The number of benzene rings is 5. The van der Waals surface area contributed by atoms with Crippen molar-refractivity contribution in [2.24, 2.45) is 30.7 Å².